The average molecular weight is 375 g/mol. The number of rotatable bonds is 7. The van der Waals surface area contributed by atoms with Crippen molar-refractivity contribution in [3.8, 4) is 5.75 Å². The van der Waals surface area contributed by atoms with Crippen molar-refractivity contribution in [2.75, 3.05) is 20.2 Å². The lowest BCUT2D eigenvalue weighted by molar-refractivity contribution is -0.156. The molecule has 4 nitrogen and oxygen atoms in total. The van der Waals surface area contributed by atoms with Crippen LogP contribution in [0.3, 0.4) is 0 Å². The quantitative estimate of drug-likeness (QED) is 0.707. The van der Waals surface area contributed by atoms with Crippen molar-refractivity contribution >= 4 is 6.29 Å². The van der Waals surface area contributed by atoms with E-state index in [1.54, 1.807) is 0 Å². The fourth-order valence-corrected chi connectivity index (χ4v) is 2.83. The van der Waals surface area contributed by atoms with Gasteiger partial charge in [0.25, 0.3) is 0 Å². The molecule has 0 heterocycles. The van der Waals surface area contributed by atoms with Gasteiger partial charge < -0.3 is 15.2 Å². The number of halogens is 3. The molecule has 1 fully saturated rings. The van der Waals surface area contributed by atoms with Crippen LogP contribution in [0.2, 0.25) is 0 Å². The van der Waals surface area contributed by atoms with Gasteiger partial charge in [0.1, 0.15) is 5.75 Å². The highest BCUT2D eigenvalue weighted by Gasteiger charge is 2.24. The summed E-state index contributed by atoms with van der Waals surface area (Å²) in [6.07, 6.45) is 1.27. The maximum Gasteiger partial charge on any atom is 0.446 e. The largest absolute Gasteiger partial charge is 0.493 e. The van der Waals surface area contributed by atoms with Gasteiger partial charge in [-0.25, -0.2) is 0 Å². The standard InChI is InChI=1S/C17H27NO2.C2HF3O/c1-18-11-10-17(19)15-8-5-9-16(12-15)20-13-14-6-3-2-4-7-14;3-2(4,5)1-6/h5,8-9,12,14,17-19H,2-4,6-7,10-11,13H2,1H3;1H/t17-;/m1./s1. The summed E-state index contributed by atoms with van der Waals surface area (Å²) >= 11 is 0. The van der Waals surface area contributed by atoms with Gasteiger partial charge >= 0.3 is 6.18 Å². The number of aldehydes is 1. The van der Waals surface area contributed by atoms with Crippen LogP contribution < -0.4 is 10.1 Å². The molecule has 148 valence electrons. The lowest BCUT2D eigenvalue weighted by Crippen LogP contribution is -2.15. The number of hydrogen-bond acceptors (Lipinski definition) is 4. The van der Waals surface area contributed by atoms with Crippen molar-refractivity contribution in [2.24, 2.45) is 5.92 Å². The summed E-state index contributed by atoms with van der Waals surface area (Å²) in [5.41, 5.74) is 0.946. The minimum Gasteiger partial charge on any atom is -0.493 e. The summed E-state index contributed by atoms with van der Waals surface area (Å²) < 4.78 is 37.2. The van der Waals surface area contributed by atoms with Crippen LogP contribution in [0.25, 0.3) is 0 Å². The Morgan fingerprint density at radius 3 is 2.54 bits per heavy atom. The highest BCUT2D eigenvalue weighted by Crippen LogP contribution is 2.26. The maximum absolute atomic E-state index is 10.4. The third-order valence-electron chi connectivity index (χ3n) is 4.25. The van der Waals surface area contributed by atoms with Crippen LogP contribution >= 0.6 is 0 Å². The molecule has 1 aromatic rings. The predicted octanol–water partition coefficient (Wildman–Crippen LogP) is 4.04. The van der Waals surface area contributed by atoms with Crippen molar-refractivity contribution in [1.29, 1.82) is 0 Å². The van der Waals surface area contributed by atoms with E-state index >= 15 is 0 Å². The van der Waals surface area contributed by atoms with Crippen molar-refractivity contribution in [3.05, 3.63) is 29.8 Å². The van der Waals surface area contributed by atoms with Gasteiger partial charge in [0.2, 0.25) is 6.29 Å². The second-order valence-corrected chi connectivity index (χ2v) is 6.46. The predicted molar refractivity (Wildman–Crippen MR) is 94.1 cm³/mol. The van der Waals surface area contributed by atoms with E-state index < -0.39 is 18.6 Å². The SMILES string of the molecule is CNCC[C@@H](O)c1cccc(OCC2CCCCC2)c1.O=CC(F)(F)F. The van der Waals surface area contributed by atoms with Crippen molar-refractivity contribution in [2.45, 2.75) is 50.8 Å². The van der Waals surface area contributed by atoms with E-state index in [1.165, 1.54) is 32.1 Å². The number of carbonyl (C=O) groups is 1. The monoisotopic (exact) mass is 375 g/mol. The first-order chi connectivity index (χ1) is 12.4. The maximum atomic E-state index is 10.4. The van der Waals surface area contributed by atoms with Crippen LogP contribution in [0, 0.1) is 5.92 Å². The number of alkyl halides is 3. The zero-order chi connectivity index (χ0) is 19.4. The molecule has 0 spiro atoms. The number of aliphatic hydroxyl groups is 1. The number of nitrogens with one attached hydrogen (secondary N) is 1. The molecule has 0 aliphatic heterocycles. The molecule has 0 aromatic heterocycles. The zero-order valence-electron chi connectivity index (χ0n) is 15.1. The fraction of sp³-hybridized carbons (Fsp3) is 0.632. The number of hydrogen-bond donors (Lipinski definition) is 2. The molecule has 1 saturated carbocycles. The summed E-state index contributed by atoms with van der Waals surface area (Å²) in [4.78, 5) is 8.70. The van der Waals surface area contributed by atoms with Crippen LogP contribution in [0.5, 0.6) is 5.75 Å². The summed E-state index contributed by atoms with van der Waals surface area (Å²) in [7, 11) is 1.90. The molecule has 2 rings (SSSR count). The van der Waals surface area contributed by atoms with E-state index in [9.17, 15) is 18.3 Å². The second kappa shape index (κ2) is 11.9. The first-order valence-corrected chi connectivity index (χ1v) is 8.94. The molecule has 1 aliphatic rings. The molecule has 0 radical (unpaired) electrons. The van der Waals surface area contributed by atoms with E-state index in [1.807, 2.05) is 31.3 Å². The van der Waals surface area contributed by atoms with Crippen LogP contribution in [-0.4, -0.2) is 37.8 Å². The third-order valence-corrected chi connectivity index (χ3v) is 4.25. The first kappa shape index (κ1) is 22.4. The van der Waals surface area contributed by atoms with Gasteiger partial charge in [0.05, 0.1) is 12.7 Å². The minimum atomic E-state index is -4.64. The molecule has 0 saturated heterocycles. The Hall–Kier alpha value is -1.60. The Morgan fingerprint density at radius 2 is 1.96 bits per heavy atom. The van der Waals surface area contributed by atoms with Crippen molar-refractivity contribution in [1.82, 2.24) is 5.32 Å². The molecule has 2 N–H and O–H groups in total. The van der Waals surface area contributed by atoms with Crippen LogP contribution in [0.15, 0.2) is 24.3 Å². The third kappa shape index (κ3) is 9.77. The summed E-state index contributed by atoms with van der Waals surface area (Å²) in [6, 6.07) is 7.89. The highest BCUT2D eigenvalue weighted by atomic mass is 19.4. The van der Waals surface area contributed by atoms with Crippen LogP contribution in [0.1, 0.15) is 50.2 Å². The first-order valence-electron chi connectivity index (χ1n) is 8.94. The highest BCUT2D eigenvalue weighted by molar-refractivity contribution is 5.56. The molecule has 0 unspecified atom stereocenters. The average Bonchev–Trinajstić information content (AvgIpc) is 2.65. The molecular weight excluding hydrogens is 347 g/mol. The molecule has 1 aliphatic carbocycles. The summed E-state index contributed by atoms with van der Waals surface area (Å²) in [5.74, 6) is 1.60. The molecule has 1 atom stereocenters. The van der Waals surface area contributed by atoms with Gasteiger partial charge in [-0.05, 0) is 56.5 Å². The van der Waals surface area contributed by atoms with E-state index in [0.29, 0.717) is 5.92 Å². The smallest absolute Gasteiger partial charge is 0.446 e. The van der Waals surface area contributed by atoms with E-state index in [2.05, 4.69) is 5.32 Å². The Balaban J connectivity index is 0.000000487. The minimum absolute atomic E-state index is 0.416. The van der Waals surface area contributed by atoms with Gasteiger partial charge in [-0.3, -0.25) is 4.79 Å². The van der Waals surface area contributed by atoms with Crippen LogP contribution in [-0.2, 0) is 4.79 Å². The normalized spacial score (nSPS) is 16.3. The van der Waals surface area contributed by atoms with Gasteiger partial charge in [-0.1, -0.05) is 31.4 Å². The van der Waals surface area contributed by atoms with Gasteiger partial charge in [-0.15, -0.1) is 0 Å². The van der Waals surface area contributed by atoms with Crippen molar-refractivity contribution < 1.29 is 27.8 Å². The van der Waals surface area contributed by atoms with Crippen molar-refractivity contribution in [3.63, 3.8) is 0 Å². The lowest BCUT2D eigenvalue weighted by atomic mass is 9.90. The topological polar surface area (TPSA) is 58.6 Å². The summed E-state index contributed by atoms with van der Waals surface area (Å²) in [5, 5.41) is 13.2. The summed E-state index contributed by atoms with van der Waals surface area (Å²) in [6.45, 7) is 1.63. The van der Waals surface area contributed by atoms with E-state index in [-0.39, 0.29) is 0 Å². The molecule has 0 amide bonds. The van der Waals surface area contributed by atoms with Gasteiger partial charge in [-0.2, -0.15) is 13.2 Å². The van der Waals surface area contributed by atoms with Crippen LogP contribution in [0.4, 0.5) is 13.2 Å². The molecule has 0 bridgehead atoms. The van der Waals surface area contributed by atoms with E-state index in [0.717, 1.165) is 30.9 Å². The van der Waals surface area contributed by atoms with E-state index in [4.69, 9.17) is 9.53 Å². The second-order valence-electron chi connectivity index (χ2n) is 6.46. The number of benzene rings is 1. The Labute approximate surface area is 152 Å². The Bertz CT molecular complexity index is 517. The molecular formula is C19H28F3NO3. The molecule has 26 heavy (non-hydrogen) atoms. The lowest BCUT2D eigenvalue weighted by Gasteiger charge is -2.22. The Kier molecular flexibility index (Phi) is 10.3. The fourth-order valence-electron chi connectivity index (χ4n) is 2.83. The van der Waals surface area contributed by atoms with Gasteiger partial charge in [0, 0.05) is 0 Å². The zero-order valence-corrected chi connectivity index (χ0v) is 15.1. The Morgan fingerprint density at radius 1 is 1.31 bits per heavy atom. The van der Waals surface area contributed by atoms with Gasteiger partial charge in [0.15, 0.2) is 0 Å². The number of ether oxygens (including phenoxy) is 1. The number of carbonyl (C=O) groups excluding carboxylic acids is 1. The number of aliphatic hydroxyl groups excluding tert-OH is 1. The molecule has 1 aromatic carbocycles. The molecule has 7 heteroatoms.